The lowest BCUT2D eigenvalue weighted by Crippen LogP contribution is -2.24. The fourth-order valence-corrected chi connectivity index (χ4v) is 2.77. The summed E-state index contributed by atoms with van der Waals surface area (Å²) in [6, 6.07) is 14.4. The number of halogens is 1. The fraction of sp³-hybridized carbons (Fsp3) is 0.250. The van der Waals surface area contributed by atoms with E-state index in [0.29, 0.717) is 0 Å². The number of aryl methyl sites for hydroxylation is 1. The van der Waals surface area contributed by atoms with Gasteiger partial charge in [0.15, 0.2) is 0 Å². The Kier molecular flexibility index (Phi) is 3.33. The molecule has 1 unspecified atom stereocenters. The average Bonchev–Trinajstić information content (AvgIpc) is 2.42. The fourth-order valence-electron chi connectivity index (χ4n) is 2.53. The summed E-state index contributed by atoms with van der Waals surface area (Å²) >= 11 is 3.53. The van der Waals surface area contributed by atoms with E-state index in [1.54, 1.807) is 0 Å². The van der Waals surface area contributed by atoms with Gasteiger partial charge in [0.05, 0.1) is 0 Å². The SMILES string of the molecule is Cc1cc(C2C[C@@H](N)c3ccccc3O2)ccc1Br. The Morgan fingerprint density at radius 3 is 2.79 bits per heavy atom. The molecule has 0 saturated carbocycles. The largest absolute Gasteiger partial charge is 0.485 e. The highest BCUT2D eigenvalue weighted by Gasteiger charge is 2.26. The van der Waals surface area contributed by atoms with E-state index in [1.165, 1.54) is 11.1 Å². The van der Waals surface area contributed by atoms with Crippen LogP contribution in [-0.2, 0) is 0 Å². The molecule has 0 radical (unpaired) electrons. The van der Waals surface area contributed by atoms with Crippen LogP contribution in [0.1, 0.15) is 35.3 Å². The Balaban J connectivity index is 1.94. The zero-order chi connectivity index (χ0) is 13.4. The number of hydrogen-bond donors (Lipinski definition) is 1. The van der Waals surface area contributed by atoms with Crippen LogP contribution in [0.25, 0.3) is 0 Å². The minimum absolute atomic E-state index is 0.0386. The van der Waals surface area contributed by atoms with Crippen LogP contribution in [0, 0.1) is 6.92 Å². The van der Waals surface area contributed by atoms with E-state index in [-0.39, 0.29) is 12.1 Å². The highest BCUT2D eigenvalue weighted by Crippen LogP contribution is 2.39. The van der Waals surface area contributed by atoms with Gasteiger partial charge in [-0.1, -0.05) is 46.3 Å². The number of para-hydroxylation sites is 1. The summed E-state index contributed by atoms with van der Waals surface area (Å²) in [4.78, 5) is 0. The third kappa shape index (κ3) is 2.40. The Morgan fingerprint density at radius 2 is 2.00 bits per heavy atom. The van der Waals surface area contributed by atoms with E-state index < -0.39 is 0 Å². The molecule has 1 aliphatic rings. The molecular formula is C16H16BrNO. The second-order valence-corrected chi connectivity index (χ2v) is 5.85. The number of fused-ring (bicyclic) bond motifs is 1. The lowest BCUT2D eigenvalue weighted by molar-refractivity contribution is 0.161. The van der Waals surface area contributed by atoms with Crippen LogP contribution in [0.5, 0.6) is 5.75 Å². The maximum atomic E-state index is 6.25. The molecule has 0 fully saturated rings. The van der Waals surface area contributed by atoms with Gasteiger partial charge in [-0.25, -0.2) is 0 Å². The third-order valence-corrected chi connectivity index (χ3v) is 4.50. The molecule has 0 bridgehead atoms. The molecule has 0 aliphatic carbocycles. The molecule has 2 nitrogen and oxygen atoms in total. The van der Waals surface area contributed by atoms with Crippen molar-refractivity contribution in [2.45, 2.75) is 25.5 Å². The highest BCUT2D eigenvalue weighted by molar-refractivity contribution is 9.10. The van der Waals surface area contributed by atoms with Crippen molar-refractivity contribution in [3.63, 3.8) is 0 Å². The van der Waals surface area contributed by atoms with E-state index in [0.717, 1.165) is 22.2 Å². The Bertz CT molecular complexity index is 611. The predicted molar refractivity (Wildman–Crippen MR) is 80.2 cm³/mol. The van der Waals surface area contributed by atoms with Gasteiger partial charge in [-0.2, -0.15) is 0 Å². The van der Waals surface area contributed by atoms with E-state index >= 15 is 0 Å². The van der Waals surface area contributed by atoms with Crippen molar-refractivity contribution in [3.8, 4) is 5.75 Å². The third-order valence-electron chi connectivity index (χ3n) is 3.61. The number of nitrogens with two attached hydrogens (primary N) is 1. The second kappa shape index (κ2) is 4.99. The first-order valence-electron chi connectivity index (χ1n) is 6.42. The molecule has 0 spiro atoms. The van der Waals surface area contributed by atoms with Gasteiger partial charge in [-0.3, -0.25) is 0 Å². The highest BCUT2D eigenvalue weighted by atomic mass is 79.9. The molecule has 0 aromatic heterocycles. The summed E-state index contributed by atoms with van der Waals surface area (Å²) in [5, 5.41) is 0. The molecule has 19 heavy (non-hydrogen) atoms. The van der Waals surface area contributed by atoms with E-state index in [2.05, 4.69) is 41.1 Å². The first-order valence-corrected chi connectivity index (χ1v) is 7.21. The average molecular weight is 318 g/mol. The monoisotopic (exact) mass is 317 g/mol. The van der Waals surface area contributed by atoms with Gasteiger partial charge in [-0.15, -0.1) is 0 Å². The van der Waals surface area contributed by atoms with Gasteiger partial charge in [0, 0.05) is 22.5 Å². The number of benzene rings is 2. The van der Waals surface area contributed by atoms with Crippen LogP contribution in [0.2, 0.25) is 0 Å². The smallest absolute Gasteiger partial charge is 0.126 e. The Morgan fingerprint density at radius 1 is 1.21 bits per heavy atom. The quantitative estimate of drug-likeness (QED) is 0.852. The Hall–Kier alpha value is -1.32. The zero-order valence-corrected chi connectivity index (χ0v) is 12.4. The van der Waals surface area contributed by atoms with Crippen LogP contribution < -0.4 is 10.5 Å². The summed E-state index contributed by atoms with van der Waals surface area (Å²) in [7, 11) is 0. The summed E-state index contributed by atoms with van der Waals surface area (Å²) in [5.74, 6) is 0.909. The van der Waals surface area contributed by atoms with Crippen molar-refractivity contribution in [2.75, 3.05) is 0 Å². The molecule has 3 heteroatoms. The van der Waals surface area contributed by atoms with Gasteiger partial charge < -0.3 is 10.5 Å². The maximum absolute atomic E-state index is 6.25. The lowest BCUT2D eigenvalue weighted by atomic mass is 9.93. The lowest BCUT2D eigenvalue weighted by Gasteiger charge is -2.30. The van der Waals surface area contributed by atoms with Crippen LogP contribution in [-0.4, -0.2) is 0 Å². The maximum Gasteiger partial charge on any atom is 0.126 e. The van der Waals surface area contributed by atoms with Gasteiger partial charge in [0.25, 0.3) is 0 Å². The minimum Gasteiger partial charge on any atom is -0.485 e. The van der Waals surface area contributed by atoms with Crippen molar-refractivity contribution in [1.82, 2.24) is 0 Å². The van der Waals surface area contributed by atoms with Crippen molar-refractivity contribution in [3.05, 3.63) is 63.6 Å². The standard InChI is InChI=1S/C16H16BrNO/c1-10-8-11(6-7-13(10)17)16-9-14(18)12-4-2-3-5-15(12)19-16/h2-8,14,16H,9,18H2,1H3/t14-,16?/m1/s1. The van der Waals surface area contributed by atoms with E-state index in [9.17, 15) is 0 Å². The number of ether oxygens (including phenoxy) is 1. The molecule has 2 N–H and O–H groups in total. The Labute approximate surface area is 121 Å². The van der Waals surface area contributed by atoms with Crippen LogP contribution in [0.3, 0.4) is 0 Å². The summed E-state index contributed by atoms with van der Waals surface area (Å²) in [6.07, 6.45) is 0.856. The number of hydrogen-bond acceptors (Lipinski definition) is 2. The summed E-state index contributed by atoms with van der Waals surface area (Å²) in [6.45, 7) is 2.09. The molecule has 0 amide bonds. The van der Waals surface area contributed by atoms with Crippen molar-refractivity contribution >= 4 is 15.9 Å². The van der Waals surface area contributed by atoms with Gasteiger partial charge in [0.2, 0.25) is 0 Å². The van der Waals surface area contributed by atoms with Crippen molar-refractivity contribution < 1.29 is 4.74 Å². The molecule has 0 saturated heterocycles. The normalized spacial score (nSPS) is 21.6. The van der Waals surface area contributed by atoms with Gasteiger partial charge >= 0.3 is 0 Å². The zero-order valence-electron chi connectivity index (χ0n) is 10.8. The minimum atomic E-state index is 0.0386. The van der Waals surface area contributed by atoms with Crippen molar-refractivity contribution in [2.24, 2.45) is 5.73 Å². The predicted octanol–water partition coefficient (Wildman–Crippen LogP) is 4.28. The topological polar surface area (TPSA) is 35.2 Å². The molecule has 1 aliphatic heterocycles. The molecular weight excluding hydrogens is 302 g/mol. The van der Waals surface area contributed by atoms with Gasteiger partial charge in [0.1, 0.15) is 11.9 Å². The molecule has 98 valence electrons. The molecule has 1 heterocycles. The molecule has 3 rings (SSSR count). The number of rotatable bonds is 1. The van der Waals surface area contributed by atoms with E-state index in [4.69, 9.17) is 10.5 Å². The van der Waals surface area contributed by atoms with Crippen molar-refractivity contribution in [1.29, 1.82) is 0 Å². The van der Waals surface area contributed by atoms with Crippen LogP contribution >= 0.6 is 15.9 Å². The second-order valence-electron chi connectivity index (χ2n) is 5.00. The first kappa shape index (κ1) is 12.7. The first-order chi connectivity index (χ1) is 9.15. The van der Waals surface area contributed by atoms with Crippen LogP contribution in [0.4, 0.5) is 0 Å². The van der Waals surface area contributed by atoms with Gasteiger partial charge in [-0.05, 0) is 30.2 Å². The van der Waals surface area contributed by atoms with E-state index in [1.807, 2.05) is 24.3 Å². The summed E-state index contributed by atoms with van der Waals surface area (Å²) < 4.78 is 7.21. The molecule has 2 atom stereocenters. The molecule has 2 aromatic carbocycles. The molecule has 2 aromatic rings. The summed E-state index contributed by atoms with van der Waals surface area (Å²) in [5.41, 5.74) is 9.76. The van der Waals surface area contributed by atoms with Crippen LogP contribution in [0.15, 0.2) is 46.9 Å².